The Morgan fingerprint density at radius 1 is 1.07 bits per heavy atom. The number of unbranched alkanes of at least 4 members (excludes halogenated alkanes) is 2. The molecule has 1 amide bonds. The zero-order chi connectivity index (χ0) is 31.2. The molecule has 0 radical (unpaired) electrons. The van der Waals surface area contributed by atoms with Crippen molar-refractivity contribution < 1.29 is 33.7 Å². The molecule has 0 spiro atoms. The maximum absolute atomic E-state index is 14.5. The van der Waals surface area contributed by atoms with Crippen molar-refractivity contribution in [1.29, 1.82) is 0 Å². The third kappa shape index (κ3) is 7.19. The summed E-state index contributed by atoms with van der Waals surface area (Å²) in [7, 11) is 0. The van der Waals surface area contributed by atoms with Crippen LogP contribution in [0.3, 0.4) is 0 Å². The Bertz CT molecular complexity index is 1180. The van der Waals surface area contributed by atoms with Crippen molar-refractivity contribution in [3.63, 3.8) is 0 Å². The topological polar surface area (TPSA) is 123 Å². The monoisotopic (exact) mass is 612 g/mol. The van der Waals surface area contributed by atoms with Crippen molar-refractivity contribution in [1.82, 2.24) is 10.6 Å². The van der Waals surface area contributed by atoms with Crippen molar-refractivity contribution >= 4 is 17.8 Å². The fraction of sp³-hybridized carbons (Fsp3) is 0.743. The molecular weight excluding hydrogens is 560 g/mol. The summed E-state index contributed by atoms with van der Waals surface area (Å²) >= 11 is 0. The Labute approximate surface area is 262 Å². The summed E-state index contributed by atoms with van der Waals surface area (Å²) in [5, 5.41) is 17.2. The van der Waals surface area contributed by atoms with Crippen molar-refractivity contribution in [2.75, 3.05) is 19.7 Å². The highest BCUT2D eigenvalue weighted by Crippen LogP contribution is 2.47. The van der Waals surface area contributed by atoms with Crippen molar-refractivity contribution in [3.8, 4) is 11.5 Å². The van der Waals surface area contributed by atoms with Crippen LogP contribution >= 0.6 is 0 Å². The quantitative estimate of drug-likeness (QED) is 0.215. The number of hydrogen-bond donors (Lipinski definition) is 3. The Hall–Kier alpha value is -2.81. The van der Waals surface area contributed by atoms with E-state index in [0.29, 0.717) is 50.9 Å². The molecule has 3 N–H and O–H groups in total. The second kappa shape index (κ2) is 14.5. The molecule has 4 aliphatic rings. The summed E-state index contributed by atoms with van der Waals surface area (Å²) in [5.41, 5.74) is 0.718. The van der Waals surface area contributed by atoms with Gasteiger partial charge in [-0.15, -0.1) is 0 Å². The molecule has 1 aromatic rings. The van der Waals surface area contributed by atoms with E-state index >= 15 is 0 Å². The van der Waals surface area contributed by atoms with Crippen LogP contribution in [-0.2, 0) is 36.7 Å². The molecule has 4 atom stereocenters. The summed E-state index contributed by atoms with van der Waals surface area (Å²) in [4.78, 5) is 39.5. The number of nitrogens with one attached hydrogen (secondary N) is 2. The van der Waals surface area contributed by atoms with Gasteiger partial charge in [0.15, 0.2) is 11.5 Å². The number of benzene rings is 1. The molecule has 44 heavy (non-hydrogen) atoms. The summed E-state index contributed by atoms with van der Waals surface area (Å²) in [6.07, 6.45) is 11.7. The summed E-state index contributed by atoms with van der Waals surface area (Å²) < 4.78 is 18.6. The van der Waals surface area contributed by atoms with Gasteiger partial charge in [-0.05, 0) is 94.8 Å². The van der Waals surface area contributed by atoms with Crippen LogP contribution in [-0.4, -0.2) is 60.4 Å². The molecule has 1 saturated carbocycles. The lowest BCUT2D eigenvalue weighted by atomic mass is 9.66. The van der Waals surface area contributed by atoms with Crippen LogP contribution in [0, 0.1) is 11.3 Å². The average Bonchev–Trinajstić information content (AvgIpc) is 3.02. The number of ether oxygens (including phenoxy) is 3. The van der Waals surface area contributed by atoms with Gasteiger partial charge >= 0.3 is 11.9 Å². The van der Waals surface area contributed by atoms with E-state index in [4.69, 9.17) is 14.2 Å². The van der Waals surface area contributed by atoms with Crippen LogP contribution in [0.2, 0.25) is 0 Å². The second-order valence-corrected chi connectivity index (χ2v) is 13.7. The van der Waals surface area contributed by atoms with E-state index < -0.39 is 17.1 Å². The van der Waals surface area contributed by atoms with E-state index in [0.717, 1.165) is 88.4 Å². The Morgan fingerprint density at radius 3 is 2.66 bits per heavy atom. The van der Waals surface area contributed by atoms with Crippen molar-refractivity contribution in [2.45, 2.75) is 134 Å². The SMILES string of the molecule is CCCCCC(CC(OC(=O)C12CCCCC1CCC(=O)N2)C1(Cc2ccc(O)c3c2CCCO3)CCNCC1)OC(C)=O. The molecule has 4 unspecified atom stereocenters. The minimum Gasteiger partial charge on any atom is -0.504 e. The minimum atomic E-state index is -0.995. The fourth-order valence-electron chi connectivity index (χ4n) is 8.31. The molecule has 9 heteroatoms. The number of carbonyl (C=O) groups is 3. The van der Waals surface area contributed by atoms with E-state index in [1.54, 1.807) is 6.07 Å². The first-order valence-corrected chi connectivity index (χ1v) is 17.1. The van der Waals surface area contributed by atoms with Gasteiger partial charge in [0.2, 0.25) is 5.91 Å². The van der Waals surface area contributed by atoms with E-state index in [9.17, 15) is 19.5 Å². The van der Waals surface area contributed by atoms with Gasteiger partial charge in [-0.3, -0.25) is 9.59 Å². The first-order chi connectivity index (χ1) is 21.3. The van der Waals surface area contributed by atoms with Gasteiger partial charge in [0, 0.05) is 30.7 Å². The van der Waals surface area contributed by atoms with E-state index in [1.807, 2.05) is 6.07 Å². The van der Waals surface area contributed by atoms with Crippen LogP contribution in [0.4, 0.5) is 0 Å². The third-order valence-corrected chi connectivity index (χ3v) is 10.7. The largest absolute Gasteiger partial charge is 0.504 e. The van der Waals surface area contributed by atoms with Crippen molar-refractivity contribution in [2.24, 2.45) is 11.3 Å². The van der Waals surface area contributed by atoms with Crippen molar-refractivity contribution in [3.05, 3.63) is 23.3 Å². The highest BCUT2D eigenvalue weighted by molar-refractivity contribution is 5.90. The highest BCUT2D eigenvalue weighted by Gasteiger charge is 2.54. The van der Waals surface area contributed by atoms with Gasteiger partial charge in [0.05, 0.1) is 6.61 Å². The van der Waals surface area contributed by atoms with Crippen LogP contribution in [0.25, 0.3) is 0 Å². The third-order valence-electron chi connectivity index (χ3n) is 10.7. The number of carbonyl (C=O) groups excluding carboxylic acids is 3. The number of fused-ring (bicyclic) bond motifs is 2. The zero-order valence-electron chi connectivity index (χ0n) is 26.7. The minimum absolute atomic E-state index is 0.0705. The number of amides is 1. The van der Waals surface area contributed by atoms with Crippen LogP contribution in [0.15, 0.2) is 12.1 Å². The number of phenolic OH excluding ortho intramolecular Hbond substituents is 1. The van der Waals surface area contributed by atoms with E-state index in [-0.39, 0.29) is 35.6 Å². The fourth-order valence-corrected chi connectivity index (χ4v) is 8.31. The maximum Gasteiger partial charge on any atom is 0.332 e. The van der Waals surface area contributed by atoms with E-state index in [2.05, 4.69) is 17.6 Å². The lowest BCUT2D eigenvalue weighted by Crippen LogP contribution is -2.65. The Balaban J connectivity index is 1.52. The van der Waals surface area contributed by atoms with E-state index in [1.165, 1.54) is 6.92 Å². The smallest absolute Gasteiger partial charge is 0.332 e. The van der Waals surface area contributed by atoms with Gasteiger partial charge < -0.3 is 30.0 Å². The summed E-state index contributed by atoms with van der Waals surface area (Å²) in [5.74, 6) is 0.0581. The molecule has 0 aromatic heterocycles. The Morgan fingerprint density at radius 2 is 1.89 bits per heavy atom. The zero-order valence-corrected chi connectivity index (χ0v) is 26.7. The molecule has 5 rings (SSSR count). The van der Waals surface area contributed by atoms with Crippen LogP contribution in [0.5, 0.6) is 11.5 Å². The standard InChI is InChI=1S/C35H52N2O7/c1-3-4-5-10-27(43-24(2)38)22-30(44-33(41)35-16-7-6-9-26(35)13-15-31(40)37-35)34(17-19-36-20-18-34)23-25-12-14-29(39)32-28(25)11-8-21-42-32/h12,14,26-27,30,36,39H,3-11,13,15-23H2,1-2H3,(H,37,40). The highest BCUT2D eigenvalue weighted by atomic mass is 16.6. The molecule has 1 aromatic carbocycles. The molecule has 244 valence electrons. The number of phenols is 1. The van der Waals surface area contributed by atoms with Gasteiger partial charge in [0.25, 0.3) is 0 Å². The Kier molecular flexibility index (Phi) is 10.8. The molecule has 1 aliphatic carbocycles. The van der Waals surface area contributed by atoms with Gasteiger partial charge in [-0.25, -0.2) is 4.79 Å². The molecule has 9 nitrogen and oxygen atoms in total. The molecule has 0 bridgehead atoms. The number of rotatable bonds is 12. The predicted molar refractivity (Wildman–Crippen MR) is 166 cm³/mol. The number of esters is 2. The van der Waals surface area contributed by atoms with Crippen LogP contribution in [0.1, 0.15) is 115 Å². The molecule has 3 heterocycles. The predicted octanol–water partition coefficient (Wildman–Crippen LogP) is 5.28. The normalized spacial score (nSPS) is 25.8. The van der Waals surface area contributed by atoms with Gasteiger partial charge in [0.1, 0.15) is 17.7 Å². The number of piperidine rings is 2. The summed E-state index contributed by atoms with van der Waals surface area (Å²) in [6, 6.07) is 3.71. The first kappa shape index (κ1) is 32.6. The van der Waals surface area contributed by atoms with Gasteiger partial charge in [-0.2, -0.15) is 0 Å². The molecule has 3 aliphatic heterocycles. The number of aromatic hydroxyl groups is 1. The second-order valence-electron chi connectivity index (χ2n) is 13.7. The maximum atomic E-state index is 14.5. The number of hydrogen-bond acceptors (Lipinski definition) is 8. The van der Waals surface area contributed by atoms with Gasteiger partial charge in [-0.1, -0.05) is 38.7 Å². The lowest BCUT2D eigenvalue weighted by molar-refractivity contribution is -0.178. The van der Waals surface area contributed by atoms with Crippen LogP contribution < -0.4 is 15.4 Å². The lowest BCUT2D eigenvalue weighted by Gasteiger charge is -2.49. The molecular formula is C35H52N2O7. The molecule has 3 fully saturated rings. The average molecular weight is 613 g/mol. The summed E-state index contributed by atoms with van der Waals surface area (Å²) in [6.45, 7) is 5.73. The molecule has 2 saturated heterocycles. The first-order valence-electron chi connectivity index (χ1n) is 17.1.